The van der Waals surface area contributed by atoms with Gasteiger partial charge in [-0.2, -0.15) is 5.26 Å². The van der Waals surface area contributed by atoms with Gasteiger partial charge in [-0.15, -0.1) is 0 Å². The van der Waals surface area contributed by atoms with Crippen LogP contribution in [0.2, 0.25) is 0 Å². The lowest BCUT2D eigenvalue weighted by atomic mass is 9.81. The first kappa shape index (κ1) is 29.0. The maximum absolute atomic E-state index is 13.5. The van der Waals surface area contributed by atoms with Crippen LogP contribution in [0.25, 0.3) is 11.1 Å². The lowest BCUT2D eigenvalue weighted by molar-refractivity contribution is -0.139. The molecule has 0 spiro atoms. The molecule has 1 unspecified atom stereocenters. The number of hydrogen-bond donors (Lipinski definition) is 1. The molecule has 1 aliphatic rings. The summed E-state index contributed by atoms with van der Waals surface area (Å²) < 4.78 is 16.5. The highest BCUT2D eigenvalue weighted by Gasteiger charge is 2.43. The van der Waals surface area contributed by atoms with Crippen LogP contribution in [0.4, 0.5) is 5.69 Å². The van der Waals surface area contributed by atoms with Crippen molar-refractivity contribution in [1.82, 2.24) is 0 Å². The molecule has 1 heterocycles. The van der Waals surface area contributed by atoms with Gasteiger partial charge in [0, 0.05) is 0 Å². The van der Waals surface area contributed by atoms with Gasteiger partial charge in [-0.25, -0.2) is 9.59 Å². The van der Waals surface area contributed by atoms with Gasteiger partial charge in [0.15, 0.2) is 0 Å². The largest absolute Gasteiger partial charge is 0.491 e. The maximum atomic E-state index is 13.5. The number of carbonyl (C=O) groups excluding carboxylic acids is 2. The fourth-order valence-corrected chi connectivity index (χ4v) is 4.92. The molecule has 8 nitrogen and oxygen atoms in total. The zero-order chi connectivity index (χ0) is 29.4. The standard InChI is InChI=1S/C33H33N3O5/c1-4-5-12-19-41-27-18-17-24(22-13-8-6-9-14-22)20-26(27)36-30(33(38)40-3)29(32(37)39-2)28(25(21-34)31(36)35)23-15-10-7-11-16-23/h6-11,13-18,20,28H,4-5,12,19,35H2,1-3H3. The number of anilines is 1. The number of ether oxygens (including phenoxy) is 3. The predicted molar refractivity (Wildman–Crippen MR) is 156 cm³/mol. The average molecular weight is 552 g/mol. The Morgan fingerprint density at radius 1 is 0.902 bits per heavy atom. The van der Waals surface area contributed by atoms with Crippen molar-refractivity contribution >= 4 is 17.6 Å². The molecule has 210 valence electrons. The van der Waals surface area contributed by atoms with E-state index < -0.39 is 17.9 Å². The van der Waals surface area contributed by atoms with Crippen LogP contribution < -0.4 is 15.4 Å². The lowest BCUT2D eigenvalue weighted by Crippen LogP contribution is -2.41. The van der Waals surface area contributed by atoms with Gasteiger partial charge in [0.05, 0.1) is 49.6 Å². The van der Waals surface area contributed by atoms with E-state index in [1.165, 1.54) is 19.1 Å². The Morgan fingerprint density at radius 3 is 2.17 bits per heavy atom. The Kier molecular flexibility index (Phi) is 9.43. The van der Waals surface area contributed by atoms with Crippen LogP contribution in [0, 0.1) is 11.3 Å². The van der Waals surface area contributed by atoms with E-state index in [-0.39, 0.29) is 22.7 Å². The first-order valence-electron chi connectivity index (χ1n) is 13.4. The molecule has 0 saturated carbocycles. The van der Waals surface area contributed by atoms with E-state index in [0.717, 1.165) is 30.4 Å². The molecule has 8 heteroatoms. The Morgan fingerprint density at radius 2 is 1.56 bits per heavy atom. The zero-order valence-corrected chi connectivity index (χ0v) is 23.4. The number of nitriles is 1. The average Bonchev–Trinajstić information content (AvgIpc) is 3.02. The van der Waals surface area contributed by atoms with Crippen molar-refractivity contribution in [1.29, 1.82) is 5.26 Å². The Bertz CT molecular complexity index is 1510. The number of benzene rings is 3. The molecule has 0 amide bonds. The Balaban J connectivity index is 2.03. The SMILES string of the molecule is CCCCCOc1ccc(-c2ccccc2)cc1N1C(N)=C(C#N)C(c2ccccc2)C(C(=O)OC)=C1C(=O)OC. The summed E-state index contributed by atoms with van der Waals surface area (Å²) in [5.74, 6) is -2.13. The third kappa shape index (κ3) is 5.94. The van der Waals surface area contributed by atoms with E-state index >= 15 is 0 Å². The number of allylic oxidation sites excluding steroid dienone is 1. The van der Waals surface area contributed by atoms with Gasteiger partial charge in [0.2, 0.25) is 0 Å². The van der Waals surface area contributed by atoms with E-state index in [4.69, 9.17) is 19.9 Å². The molecule has 2 N–H and O–H groups in total. The molecule has 1 aliphatic heterocycles. The van der Waals surface area contributed by atoms with Crippen LogP contribution in [-0.4, -0.2) is 32.8 Å². The second kappa shape index (κ2) is 13.4. The topological polar surface area (TPSA) is 115 Å². The number of rotatable bonds is 10. The molecular weight excluding hydrogens is 518 g/mol. The fraction of sp³-hybridized carbons (Fsp3) is 0.242. The van der Waals surface area contributed by atoms with Crippen LogP contribution in [0.3, 0.4) is 0 Å². The molecule has 0 fully saturated rings. The smallest absolute Gasteiger partial charge is 0.355 e. The van der Waals surface area contributed by atoms with Crippen molar-refractivity contribution in [2.24, 2.45) is 5.73 Å². The van der Waals surface area contributed by atoms with Gasteiger partial charge in [-0.3, -0.25) is 4.90 Å². The maximum Gasteiger partial charge on any atom is 0.355 e. The third-order valence-corrected chi connectivity index (χ3v) is 6.92. The summed E-state index contributed by atoms with van der Waals surface area (Å²) in [5.41, 5.74) is 9.37. The number of unbranched alkanes of at least 4 members (excludes halogenated alkanes) is 2. The minimum atomic E-state index is -0.953. The quantitative estimate of drug-likeness (QED) is 0.248. The molecule has 4 rings (SSSR count). The third-order valence-electron chi connectivity index (χ3n) is 6.92. The summed E-state index contributed by atoms with van der Waals surface area (Å²) in [6, 6.07) is 26.3. The molecule has 41 heavy (non-hydrogen) atoms. The summed E-state index contributed by atoms with van der Waals surface area (Å²) in [5, 5.41) is 10.4. The number of esters is 2. The summed E-state index contributed by atoms with van der Waals surface area (Å²) in [4.78, 5) is 28.3. The van der Waals surface area contributed by atoms with E-state index in [1.807, 2.05) is 48.5 Å². The van der Waals surface area contributed by atoms with E-state index in [2.05, 4.69) is 13.0 Å². The molecule has 0 aromatic heterocycles. The van der Waals surface area contributed by atoms with Crippen molar-refractivity contribution in [2.45, 2.75) is 32.1 Å². The normalized spacial score (nSPS) is 14.9. The van der Waals surface area contributed by atoms with Crippen molar-refractivity contribution in [3.63, 3.8) is 0 Å². The van der Waals surface area contributed by atoms with Gasteiger partial charge in [0.1, 0.15) is 17.3 Å². The number of nitrogens with two attached hydrogens (primary N) is 1. The minimum Gasteiger partial charge on any atom is -0.491 e. The predicted octanol–water partition coefficient (Wildman–Crippen LogP) is 5.82. The number of nitrogens with zero attached hydrogens (tertiary/aromatic N) is 2. The summed E-state index contributed by atoms with van der Waals surface area (Å²) in [6.45, 7) is 2.54. The molecular formula is C33H33N3O5. The molecule has 1 atom stereocenters. The second-order valence-corrected chi connectivity index (χ2v) is 9.44. The second-order valence-electron chi connectivity index (χ2n) is 9.44. The first-order valence-corrected chi connectivity index (χ1v) is 13.4. The van der Waals surface area contributed by atoms with Gasteiger partial charge in [0.25, 0.3) is 0 Å². The molecule has 0 radical (unpaired) electrons. The van der Waals surface area contributed by atoms with Gasteiger partial charge >= 0.3 is 11.9 Å². The van der Waals surface area contributed by atoms with E-state index in [1.54, 1.807) is 30.3 Å². The van der Waals surface area contributed by atoms with Gasteiger partial charge < -0.3 is 19.9 Å². The fourth-order valence-electron chi connectivity index (χ4n) is 4.92. The minimum absolute atomic E-state index is 0.0157. The lowest BCUT2D eigenvalue weighted by Gasteiger charge is -2.36. The summed E-state index contributed by atoms with van der Waals surface area (Å²) in [6.07, 6.45) is 2.84. The number of hydrogen-bond acceptors (Lipinski definition) is 8. The number of carbonyl (C=O) groups is 2. The summed E-state index contributed by atoms with van der Waals surface area (Å²) in [7, 11) is 2.45. The van der Waals surface area contributed by atoms with Crippen LogP contribution in [0.5, 0.6) is 5.75 Å². The number of methoxy groups -OCH3 is 2. The van der Waals surface area contributed by atoms with Crippen LogP contribution in [-0.2, 0) is 19.1 Å². The van der Waals surface area contributed by atoms with Crippen LogP contribution >= 0.6 is 0 Å². The first-order chi connectivity index (χ1) is 20.0. The van der Waals surface area contributed by atoms with Crippen LogP contribution in [0.1, 0.15) is 37.7 Å². The highest BCUT2D eigenvalue weighted by molar-refractivity contribution is 6.06. The Hall–Kier alpha value is -5.03. The van der Waals surface area contributed by atoms with Crippen molar-refractivity contribution < 1.29 is 23.8 Å². The van der Waals surface area contributed by atoms with Gasteiger partial charge in [-0.05, 0) is 35.2 Å². The van der Waals surface area contributed by atoms with Crippen molar-refractivity contribution in [3.8, 4) is 22.9 Å². The molecule has 0 aliphatic carbocycles. The Labute approximate surface area is 240 Å². The summed E-state index contributed by atoms with van der Waals surface area (Å²) >= 11 is 0. The van der Waals surface area contributed by atoms with Crippen molar-refractivity contribution in [2.75, 3.05) is 25.7 Å². The highest BCUT2D eigenvalue weighted by atomic mass is 16.5. The van der Waals surface area contributed by atoms with Gasteiger partial charge in [-0.1, -0.05) is 86.5 Å². The molecule has 3 aromatic rings. The van der Waals surface area contributed by atoms with E-state index in [9.17, 15) is 14.9 Å². The molecule has 3 aromatic carbocycles. The van der Waals surface area contributed by atoms with E-state index in [0.29, 0.717) is 23.6 Å². The monoisotopic (exact) mass is 551 g/mol. The molecule has 0 saturated heterocycles. The zero-order valence-electron chi connectivity index (χ0n) is 23.4. The highest BCUT2D eigenvalue weighted by Crippen LogP contribution is 2.46. The van der Waals surface area contributed by atoms with Crippen molar-refractivity contribution in [3.05, 3.63) is 107 Å². The van der Waals surface area contributed by atoms with Crippen LogP contribution in [0.15, 0.2) is 102 Å². The molecule has 0 bridgehead atoms.